The van der Waals surface area contributed by atoms with Gasteiger partial charge in [-0.3, -0.25) is 0 Å². The van der Waals surface area contributed by atoms with E-state index in [2.05, 4.69) is 25.6 Å². The van der Waals surface area contributed by atoms with Crippen LogP contribution in [0.15, 0.2) is 45.8 Å². The fourth-order valence-corrected chi connectivity index (χ4v) is 5.02. The van der Waals surface area contributed by atoms with Crippen molar-refractivity contribution in [2.75, 3.05) is 19.7 Å². The number of sulfonamides is 1. The molecule has 0 amide bonds. The van der Waals surface area contributed by atoms with Crippen molar-refractivity contribution in [3.05, 3.63) is 69.5 Å². The maximum absolute atomic E-state index is 13.9. The van der Waals surface area contributed by atoms with E-state index in [4.69, 9.17) is 17.9 Å². The Morgan fingerprint density at radius 3 is 2.53 bits per heavy atom. The topological polar surface area (TPSA) is 95.8 Å². The number of benzene rings is 2. The van der Waals surface area contributed by atoms with Crippen molar-refractivity contribution in [3.8, 4) is 5.75 Å². The van der Waals surface area contributed by atoms with E-state index in [0.29, 0.717) is 4.47 Å². The summed E-state index contributed by atoms with van der Waals surface area (Å²) in [4.78, 5) is 6.01. The molecule has 2 N–H and O–H groups in total. The standard InChI is InChI=1S/C19H15BrFN3O5S/c1-22-15-5-4-13(8-14(15)21)29-18-9-24(10-19(18,26)11-25)30(27,28)17-6-3-12(20)7-16(17)23-2/h3-8,18,25-26H,9-11H2/t18-,19-/m0/s1. The first-order valence-electron chi connectivity index (χ1n) is 8.48. The smallest absolute Gasteiger partial charge is 0.233 e. The largest absolute Gasteiger partial charge is 0.486 e. The Morgan fingerprint density at radius 1 is 1.23 bits per heavy atom. The first-order chi connectivity index (χ1) is 14.1. The van der Waals surface area contributed by atoms with Gasteiger partial charge in [0.25, 0.3) is 0 Å². The first-order valence-corrected chi connectivity index (χ1v) is 10.7. The molecule has 0 aliphatic carbocycles. The molecule has 2 aromatic carbocycles. The van der Waals surface area contributed by atoms with E-state index < -0.39 is 40.7 Å². The predicted octanol–water partition coefficient (Wildman–Crippen LogP) is 2.87. The summed E-state index contributed by atoms with van der Waals surface area (Å²) in [6, 6.07) is 7.58. The zero-order valence-corrected chi connectivity index (χ0v) is 17.7. The number of ether oxygens (including phenoxy) is 1. The molecular weight excluding hydrogens is 481 g/mol. The summed E-state index contributed by atoms with van der Waals surface area (Å²) in [5.41, 5.74) is -2.26. The summed E-state index contributed by atoms with van der Waals surface area (Å²) >= 11 is 3.19. The lowest BCUT2D eigenvalue weighted by Crippen LogP contribution is -2.48. The van der Waals surface area contributed by atoms with Crippen LogP contribution in [0.25, 0.3) is 9.69 Å². The molecule has 8 nitrogen and oxygen atoms in total. The molecule has 0 radical (unpaired) electrons. The number of rotatable bonds is 5. The summed E-state index contributed by atoms with van der Waals surface area (Å²) in [5.74, 6) is -0.851. The summed E-state index contributed by atoms with van der Waals surface area (Å²) < 4.78 is 47.1. The average molecular weight is 496 g/mol. The summed E-state index contributed by atoms with van der Waals surface area (Å²) in [6.45, 7) is 12.5. The molecule has 11 heteroatoms. The number of aliphatic hydroxyl groups excluding tert-OH is 1. The second kappa shape index (κ2) is 8.30. The Labute approximate surface area is 180 Å². The van der Waals surface area contributed by atoms with E-state index in [9.17, 15) is 23.0 Å². The van der Waals surface area contributed by atoms with Crippen LogP contribution in [0.4, 0.5) is 15.8 Å². The molecule has 3 rings (SSSR count). The van der Waals surface area contributed by atoms with Gasteiger partial charge < -0.3 is 14.9 Å². The Kier molecular flexibility index (Phi) is 6.13. The van der Waals surface area contributed by atoms with Gasteiger partial charge in [0, 0.05) is 17.1 Å². The number of halogens is 2. The molecule has 2 atom stereocenters. The van der Waals surface area contributed by atoms with Crippen LogP contribution >= 0.6 is 15.9 Å². The van der Waals surface area contributed by atoms with Crippen LogP contribution in [0.5, 0.6) is 5.75 Å². The Balaban J connectivity index is 1.92. The van der Waals surface area contributed by atoms with Gasteiger partial charge in [0.05, 0.1) is 31.2 Å². The van der Waals surface area contributed by atoms with Gasteiger partial charge in [0.2, 0.25) is 21.4 Å². The van der Waals surface area contributed by atoms with Crippen molar-refractivity contribution in [2.45, 2.75) is 16.6 Å². The molecule has 1 saturated heterocycles. The molecule has 1 heterocycles. The van der Waals surface area contributed by atoms with E-state index in [-0.39, 0.29) is 28.6 Å². The van der Waals surface area contributed by atoms with Gasteiger partial charge in [-0.15, -0.1) is 0 Å². The van der Waals surface area contributed by atoms with Gasteiger partial charge in [-0.2, -0.15) is 4.31 Å². The highest BCUT2D eigenvalue weighted by molar-refractivity contribution is 9.10. The molecule has 30 heavy (non-hydrogen) atoms. The Hall–Kier alpha value is -2.54. The van der Waals surface area contributed by atoms with Crippen molar-refractivity contribution in [1.29, 1.82) is 0 Å². The minimum Gasteiger partial charge on any atom is -0.486 e. The predicted molar refractivity (Wildman–Crippen MR) is 108 cm³/mol. The third-order valence-corrected chi connectivity index (χ3v) is 7.02. The molecule has 1 fully saturated rings. The van der Waals surface area contributed by atoms with Crippen LogP contribution < -0.4 is 4.74 Å². The third-order valence-electron chi connectivity index (χ3n) is 4.67. The normalized spacial score (nSPS) is 21.7. The zero-order valence-electron chi connectivity index (χ0n) is 15.3. The van der Waals surface area contributed by atoms with Crippen LogP contribution in [-0.4, -0.2) is 54.3 Å². The van der Waals surface area contributed by atoms with Gasteiger partial charge >= 0.3 is 0 Å². The maximum atomic E-state index is 13.9. The van der Waals surface area contributed by atoms with Crippen molar-refractivity contribution in [2.24, 2.45) is 0 Å². The number of aliphatic hydroxyl groups is 2. The number of β-amino-alcohol motifs (C(OH)–C–C–N with tert-alkyl or cyclic N) is 1. The van der Waals surface area contributed by atoms with Crippen LogP contribution in [0.2, 0.25) is 0 Å². The van der Waals surface area contributed by atoms with Crippen molar-refractivity contribution in [3.63, 3.8) is 0 Å². The van der Waals surface area contributed by atoms with Gasteiger partial charge in [-0.1, -0.05) is 22.0 Å². The van der Waals surface area contributed by atoms with Crippen LogP contribution in [0.3, 0.4) is 0 Å². The molecule has 1 aliphatic rings. The van der Waals surface area contributed by atoms with Crippen molar-refractivity contribution in [1.82, 2.24) is 4.31 Å². The molecule has 0 bridgehead atoms. The SMILES string of the molecule is [C-]#[N+]c1ccc(O[C@H]2CN(S(=O)(=O)c3ccc(Br)cc3[N+]#[C-])C[C@]2(O)CO)cc1F. The molecular formula is C19H15BrFN3O5S. The molecule has 0 spiro atoms. The second-order valence-electron chi connectivity index (χ2n) is 6.61. The molecule has 0 unspecified atom stereocenters. The maximum Gasteiger partial charge on any atom is 0.233 e. The summed E-state index contributed by atoms with van der Waals surface area (Å²) in [5, 5.41) is 20.4. The first kappa shape index (κ1) is 22.2. The lowest BCUT2D eigenvalue weighted by atomic mass is 10.0. The summed E-state index contributed by atoms with van der Waals surface area (Å²) in [7, 11) is -4.19. The zero-order chi connectivity index (χ0) is 22.1. The van der Waals surface area contributed by atoms with Gasteiger partial charge in [-0.25, -0.2) is 22.5 Å². The Bertz CT molecular complexity index is 1180. The van der Waals surface area contributed by atoms with E-state index in [0.717, 1.165) is 10.4 Å². The average Bonchev–Trinajstić information content (AvgIpc) is 3.05. The van der Waals surface area contributed by atoms with Gasteiger partial charge in [0.15, 0.2) is 0 Å². The monoisotopic (exact) mass is 495 g/mol. The van der Waals surface area contributed by atoms with E-state index >= 15 is 0 Å². The highest BCUT2D eigenvalue weighted by atomic mass is 79.9. The molecule has 0 saturated carbocycles. The number of hydrogen-bond donors (Lipinski definition) is 2. The molecule has 156 valence electrons. The molecule has 0 aromatic heterocycles. The lowest BCUT2D eigenvalue weighted by Gasteiger charge is -2.27. The number of hydrogen-bond acceptors (Lipinski definition) is 5. The lowest BCUT2D eigenvalue weighted by molar-refractivity contribution is -0.0641. The van der Waals surface area contributed by atoms with Crippen molar-refractivity contribution >= 4 is 37.3 Å². The highest BCUT2D eigenvalue weighted by Gasteiger charge is 2.51. The van der Waals surface area contributed by atoms with E-state index in [1.54, 1.807) is 0 Å². The third kappa shape index (κ3) is 4.03. The van der Waals surface area contributed by atoms with Crippen molar-refractivity contribution < 1.29 is 27.8 Å². The molecule has 2 aromatic rings. The number of nitrogens with zero attached hydrogens (tertiary/aromatic N) is 3. The van der Waals surface area contributed by atoms with Crippen LogP contribution in [0, 0.1) is 19.0 Å². The van der Waals surface area contributed by atoms with Crippen LogP contribution in [0.1, 0.15) is 0 Å². The minimum absolute atomic E-state index is 0.0264. The molecule has 1 aliphatic heterocycles. The second-order valence-corrected chi connectivity index (χ2v) is 9.44. The fraction of sp³-hybridized carbons (Fsp3) is 0.263. The van der Waals surface area contributed by atoms with E-state index in [1.165, 1.54) is 30.3 Å². The van der Waals surface area contributed by atoms with Crippen LogP contribution in [-0.2, 0) is 10.0 Å². The highest BCUT2D eigenvalue weighted by Crippen LogP contribution is 2.35. The van der Waals surface area contributed by atoms with Gasteiger partial charge in [0.1, 0.15) is 23.3 Å². The quantitative estimate of drug-likeness (QED) is 0.621. The minimum atomic E-state index is -4.19. The summed E-state index contributed by atoms with van der Waals surface area (Å²) in [6.07, 6.45) is -1.21. The van der Waals surface area contributed by atoms with E-state index in [1.807, 2.05) is 0 Å². The van der Waals surface area contributed by atoms with Gasteiger partial charge in [-0.05, 0) is 24.3 Å². The fourth-order valence-electron chi connectivity index (χ4n) is 3.06. The Morgan fingerprint density at radius 2 is 1.93 bits per heavy atom.